The van der Waals surface area contributed by atoms with E-state index in [0.29, 0.717) is 12.3 Å². The Morgan fingerprint density at radius 3 is 2.65 bits per heavy atom. The van der Waals surface area contributed by atoms with Crippen molar-refractivity contribution in [3.05, 3.63) is 53.2 Å². The van der Waals surface area contributed by atoms with E-state index in [2.05, 4.69) is 10.3 Å². The molecule has 0 aliphatic rings. The van der Waals surface area contributed by atoms with Gasteiger partial charge in [0.1, 0.15) is 5.76 Å². The first kappa shape index (κ1) is 14.3. The van der Waals surface area contributed by atoms with Crippen LogP contribution in [0.15, 0.2) is 34.7 Å². The summed E-state index contributed by atoms with van der Waals surface area (Å²) in [5.41, 5.74) is 7.76. The molecule has 1 atom stereocenters. The van der Waals surface area contributed by atoms with E-state index in [4.69, 9.17) is 10.2 Å². The lowest BCUT2D eigenvalue weighted by Crippen LogP contribution is -2.41. The molecular weight excluding hydrogens is 254 g/mol. The predicted molar refractivity (Wildman–Crippen MR) is 75.9 cm³/mol. The second kappa shape index (κ2) is 6.34. The van der Waals surface area contributed by atoms with Gasteiger partial charge in [0.15, 0.2) is 0 Å². The molecule has 0 saturated heterocycles. The Labute approximate surface area is 118 Å². The minimum atomic E-state index is -0.574. The number of aromatic nitrogens is 1. The van der Waals surface area contributed by atoms with E-state index >= 15 is 0 Å². The van der Waals surface area contributed by atoms with Crippen molar-refractivity contribution in [2.24, 2.45) is 5.73 Å². The van der Waals surface area contributed by atoms with E-state index in [1.54, 1.807) is 0 Å². The Morgan fingerprint density at radius 2 is 2.05 bits per heavy atom. The number of nitrogens with two attached hydrogens (primary N) is 1. The predicted octanol–water partition coefficient (Wildman–Crippen LogP) is 1.48. The van der Waals surface area contributed by atoms with Gasteiger partial charge in [-0.05, 0) is 25.8 Å². The minimum Gasteiger partial charge on any atom is -0.444 e. The number of nitrogens with one attached hydrogen (secondary N) is 1. The number of rotatable bonds is 5. The van der Waals surface area contributed by atoms with Crippen LogP contribution >= 0.6 is 0 Å². The molecule has 0 unspecified atom stereocenters. The summed E-state index contributed by atoms with van der Waals surface area (Å²) in [6, 6.07) is 9.12. The second-order valence-corrected chi connectivity index (χ2v) is 4.76. The molecule has 0 aliphatic carbocycles. The molecule has 0 saturated carbocycles. The van der Waals surface area contributed by atoms with E-state index in [0.717, 1.165) is 17.0 Å². The maximum atomic E-state index is 11.9. The van der Waals surface area contributed by atoms with Crippen molar-refractivity contribution in [3.63, 3.8) is 0 Å². The van der Waals surface area contributed by atoms with E-state index in [9.17, 15) is 4.79 Å². The molecule has 2 rings (SSSR count). The van der Waals surface area contributed by atoms with Crippen LogP contribution in [0.1, 0.15) is 22.9 Å². The number of nitrogens with zero attached hydrogens (tertiary/aromatic N) is 1. The normalized spacial score (nSPS) is 12.2. The van der Waals surface area contributed by atoms with Crippen LogP contribution in [0.5, 0.6) is 0 Å². The number of carbonyl (C=O) groups excluding carboxylic acids is 1. The van der Waals surface area contributed by atoms with Gasteiger partial charge in [0.2, 0.25) is 11.8 Å². The van der Waals surface area contributed by atoms with Gasteiger partial charge >= 0.3 is 0 Å². The van der Waals surface area contributed by atoms with Gasteiger partial charge in [-0.3, -0.25) is 4.79 Å². The largest absolute Gasteiger partial charge is 0.444 e. The zero-order valence-corrected chi connectivity index (χ0v) is 11.7. The third-order valence-corrected chi connectivity index (χ3v) is 3.12. The number of amides is 1. The van der Waals surface area contributed by atoms with Crippen molar-refractivity contribution in [3.8, 4) is 0 Å². The average molecular weight is 273 g/mol. The summed E-state index contributed by atoms with van der Waals surface area (Å²) < 4.78 is 5.40. The Balaban J connectivity index is 1.85. The highest BCUT2D eigenvalue weighted by Crippen LogP contribution is 2.08. The topological polar surface area (TPSA) is 81.2 Å². The first-order valence-corrected chi connectivity index (χ1v) is 6.56. The summed E-state index contributed by atoms with van der Waals surface area (Å²) in [5, 5.41) is 2.74. The van der Waals surface area contributed by atoms with Gasteiger partial charge in [-0.25, -0.2) is 4.98 Å². The van der Waals surface area contributed by atoms with Crippen molar-refractivity contribution in [2.45, 2.75) is 32.9 Å². The van der Waals surface area contributed by atoms with Crippen molar-refractivity contribution >= 4 is 5.91 Å². The van der Waals surface area contributed by atoms with E-state index < -0.39 is 6.04 Å². The van der Waals surface area contributed by atoms with Crippen LogP contribution in [0.3, 0.4) is 0 Å². The summed E-state index contributed by atoms with van der Waals surface area (Å²) in [7, 11) is 0. The van der Waals surface area contributed by atoms with Gasteiger partial charge in [-0.2, -0.15) is 0 Å². The van der Waals surface area contributed by atoms with Crippen LogP contribution in [-0.2, 0) is 17.8 Å². The first-order chi connectivity index (χ1) is 9.56. The monoisotopic (exact) mass is 273 g/mol. The molecule has 0 aliphatic heterocycles. The fraction of sp³-hybridized carbons (Fsp3) is 0.333. The average Bonchev–Trinajstić information content (AvgIpc) is 2.76. The van der Waals surface area contributed by atoms with Crippen LogP contribution in [0, 0.1) is 13.8 Å². The summed E-state index contributed by atoms with van der Waals surface area (Å²) in [6.07, 6.45) is 0.510. The van der Waals surface area contributed by atoms with Gasteiger partial charge in [0.25, 0.3) is 0 Å². The summed E-state index contributed by atoms with van der Waals surface area (Å²) in [5.74, 6) is 1.06. The summed E-state index contributed by atoms with van der Waals surface area (Å²) in [4.78, 5) is 16.1. The maximum absolute atomic E-state index is 11.9. The Morgan fingerprint density at radius 1 is 1.35 bits per heavy atom. The molecule has 0 spiro atoms. The lowest BCUT2D eigenvalue weighted by atomic mass is 10.1. The van der Waals surface area contributed by atoms with Crippen LogP contribution in [-0.4, -0.2) is 16.9 Å². The van der Waals surface area contributed by atoms with E-state index in [1.165, 1.54) is 0 Å². The van der Waals surface area contributed by atoms with Crippen LogP contribution in [0.25, 0.3) is 0 Å². The van der Waals surface area contributed by atoms with Crippen molar-refractivity contribution < 1.29 is 9.21 Å². The molecule has 20 heavy (non-hydrogen) atoms. The van der Waals surface area contributed by atoms with Crippen molar-refractivity contribution in [2.75, 3.05) is 0 Å². The fourth-order valence-corrected chi connectivity index (χ4v) is 1.87. The second-order valence-electron chi connectivity index (χ2n) is 4.76. The van der Waals surface area contributed by atoms with Crippen LogP contribution in [0.4, 0.5) is 0 Å². The van der Waals surface area contributed by atoms with Crippen LogP contribution in [0.2, 0.25) is 0 Å². The molecule has 0 radical (unpaired) electrons. The molecule has 5 heteroatoms. The number of carbonyl (C=O) groups is 1. The zero-order chi connectivity index (χ0) is 14.5. The standard InChI is InChI=1S/C15H19N3O2/c1-10-11(2)20-14(18-10)9-17-15(19)13(16)8-12-6-4-3-5-7-12/h3-7,13H,8-9,16H2,1-2H3,(H,17,19)/t13-/m1/s1. The van der Waals surface area contributed by atoms with Gasteiger partial charge in [-0.1, -0.05) is 30.3 Å². The van der Waals surface area contributed by atoms with Crippen molar-refractivity contribution in [1.82, 2.24) is 10.3 Å². The molecule has 0 fully saturated rings. The highest BCUT2D eigenvalue weighted by Gasteiger charge is 2.15. The Bertz CT molecular complexity index is 559. The van der Waals surface area contributed by atoms with Gasteiger partial charge < -0.3 is 15.5 Å². The molecule has 1 aromatic heterocycles. The van der Waals surface area contributed by atoms with E-state index in [1.807, 2.05) is 44.2 Å². The minimum absolute atomic E-state index is 0.206. The van der Waals surface area contributed by atoms with Crippen LogP contribution < -0.4 is 11.1 Å². The molecule has 1 amide bonds. The Hall–Kier alpha value is -2.14. The number of hydrogen-bond donors (Lipinski definition) is 2. The zero-order valence-electron chi connectivity index (χ0n) is 11.7. The smallest absolute Gasteiger partial charge is 0.237 e. The van der Waals surface area contributed by atoms with Gasteiger partial charge in [0.05, 0.1) is 18.3 Å². The SMILES string of the molecule is Cc1nc(CNC(=O)[C@H](N)Cc2ccccc2)oc1C. The lowest BCUT2D eigenvalue weighted by molar-refractivity contribution is -0.122. The number of benzene rings is 1. The molecule has 0 bridgehead atoms. The first-order valence-electron chi connectivity index (χ1n) is 6.56. The molecule has 5 nitrogen and oxygen atoms in total. The maximum Gasteiger partial charge on any atom is 0.237 e. The molecule has 1 aromatic carbocycles. The van der Waals surface area contributed by atoms with Crippen molar-refractivity contribution in [1.29, 1.82) is 0 Å². The van der Waals surface area contributed by atoms with Gasteiger partial charge in [-0.15, -0.1) is 0 Å². The van der Waals surface area contributed by atoms with E-state index in [-0.39, 0.29) is 12.5 Å². The highest BCUT2D eigenvalue weighted by molar-refractivity contribution is 5.81. The molecule has 3 N–H and O–H groups in total. The lowest BCUT2D eigenvalue weighted by Gasteiger charge is -2.11. The molecule has 1 heterocycles. The number of aryl methyl sites for hydroxylation is 2. The highest BCUT2D eigenvalue weighted by atomic mass is 16.4. The third-order valence-electron chi connectivity index (χ3n) is 3.12. The number of oxazole rings is 1. The summed E-state index contributed by atoms with van der Waals surface area (Å²) in [6.45, 7) is 3.97. The molecule has 106 valence electrons. The molecular formula is C15H19N3O2. The Kier molecular flexibility index (Phi) is 4.53. The quantitative estimate of drug-likeness (QED) is 0.864. The third kappa shape index (κ3) is 3.68. The summed E-state index contributed by atoms with van der Waals surface area (Å²) >= 11 is 0. The fourth-order valence-electron chi connectivity index (χ4n) is 1.87. The number of hydrogen-bond acceptors (Lipinski definition) is 4. The van der Waals surface area contributed by atoms with Gasteiger partial charge in [0, 0.05) is 0 Å². The molecule has 2 aromatic rings.